The van der Waals surface area contributed by atoms with Crippen LogP contribution < -0.4 is 10.1 Å². The van der Waals surface area contributed by atoms with Gasteiger partial charge >= 0.3 is 0 Å². The standard InChI is InChI=1S/C15H22N2O5S2/c1-21-13-4-3-12(16-15(18)5-10-23-2)11-14(13)24(19,20)17-6-8-22-9-7-17/h3-4,11H,5-10H2,1-2H3,(H,16,18). The van der Waals surface area contributed by atoms with E-state index in [4.69, 9.17) is 9.47 Å². The monoisotopic (exact) mass is 374 g/mol. The molecule has 134 valence electrons. The Morgan fingerprint density at radius 2 is 2.08 bits per heavy atom. The lowest BCUT2D eigenvalue weighted by molar-refractivity contribution is -0.115. The molecule has 0 aromatic heterocycles. The number of hydrogen-bond acceptors (Lipinski definition) is 6. The molecule has 0 aliphatic carbocycles. The molecule has 0 bridgehead atoms. The van der Waals surface area contributed by atoms with Crippen molar-refractivity contribution >= 4 is 33.4 Å². The number of thioether (sulfide) groups is 1. The van der Waals surface area contributed by atoms with Gasteiger partial charge in [-0.25, -0.2) is 8.42 Å². The Bertz CT molecular complexity index is 672. The Balaban J connectivity index is 2.26. The molecule has 0 atom stereocenters. The van der Waals surface area contributed by atoms with Crippen LogP contribution in [0.25, 0.3) is 0 Å². The highest BCUT2D eigenvalue weighted by Gasteiger charge is 2.29. The molecule has 0 spiro atoms. The van der Waals surface area contributed by atoms with Crippen LogP contribution in [0.2, 0.25) is 0 Å². The molecule has 1 fully saturated rings. The van der Waals surface area contributed by atoms with Gasteiger partial charge in [0.05, 0.1) is 20.3 Å². The summed E-state index contributed by atoms with van der Waals surface area (Å²) in [7, 11) is -2.29. The van der Waals surface area contributed by atoms with E-state index in [0.717, 1.165) is 0 Å². The van der Waals surface area contributed by atoms with E-state index in [-0.39, 0.29) is 16.6 Å². The average Bonchev–Trinajstić information content (AvgIpc) is 2.60. The molecule has 24 heavy (non-hydrogen) atoms. The minimum absolute atomic E-state index is 0.0505. The second-order valence-electron chi connectivity index (χ2n) is 5.17. The fourth-order valence-electron chi connectivity index (χ4n) is 2.30. The molecule has 0 unspecified atom stereocenters. The average molecular weight is 374 g/mol. The maximum absolute atomic E-state index is 12.9. The molecule has 1 aliphatic rings. The number of anilines is 1. The molecule has 9 heteroatoms. The predicted molar refractivity (Wildman–Crippen MR) is 94.2 cm³/mol. The molecule has 7 nitrogen and oxygen atoms in total. The molecular weight excluding hydrogens is 352 g/mol. The van der Waals surface area contributed by atoms with Crippen LogP contribution in [-0.2, 0) is 19.6 Å². The highest BCUT2D eigenvalue weighted by atomic mass is 32.2. The van der Waals surface area contributed by atoms with Crippen molar-refractivity contribution in [2.24, 2.45) is 0 Å². The third kappa shape index (κ3) is 4.62. The molecule has 0 radical (unpaired) electrons. The number of methoxy groups -OCH3 is 1. The third-order valence-electron chi connectivity index (χ3n) is 3.57. The smallest absolute Gasteiger partial charge is 0.246 e. The summed E-state index contributed by atoms with van der Waals surface area (Å²) >= 11 is 1.58. The van der Waals surface area contributed by atoms with E-state index in [1.54, 1.807) is 23.9 Å². The fourth-order valence-corrected chi connectivity index (χ4v) is 4.28. The molecule has 1 aliphatic heterocycles. The molecule has 1 aromatic rings. The molecule has 1 heterocycles. The van der Waals surface area contributed by atoms with Gasteiger partial charge in [0.1, 0.15) is 10.6 Å². The van der Waals surface area contributed by atoms with Gasteiger partial charge in [-0.3, -0.25) is 4.79 Å². The topological polar surface area (TPSA) is 84.9 Å². The number of ether oxygens (including phenoxy) is 2. The fraction of sp³-hybridized carbons (Fsp3) is 0.533. The van der Waals surface area contributed by atoms with Gasteiger partial charge in [-0.1, -0.05) is 0 Å². The lowest BCUT2D eigenvalue weighted by Crippen LogP contribution is -2.40. The van der Waals surface area contributed by atoms with Gasteiger partial charge in [-0.2, -0.15) is 16.1 Å². The van der Waals surface area contributed by atoms with Crippen LogP contribution >= 0.6 is 11.8 Å². The van der Waals surface area contributed by atoms with Crippen LogP contribution in [0, 0.1) is 0 Å². The lowest BCUT2D eigenvalue weighted by Gasteiger charge is -2.26. The number of rotatable bonds is 7. The summed E-state index contributed by atoms with van der Waals surface area (Å²) < 4.78 is 37.5. The van der Waals surface area contributed by atoms with Crippen LogP contribution in [0.5, 0.6) is 5.75 Å². The number of nitrogens with zero attached hydrogens (tertiary/aromatic N) is 1. The molecule has 2 rings (SSSR count). The maximum atomic E-state index is 12.9. The summed E-state index contributed by atoms with van der Waals surface area (Å²) in [5.74, 6) is 0.814. The van der Waals surface area contributed by atoms with Crippen LogP contribution in [-0.4, -0.2) is 64.1 Å². The van der Waals surface area contributed by atoms with Gasteiger partial charge in [-0.15, -0.1) is 0 Å². The minimum Gasteiger partial charge on any atom is -0.495 e. The van der Waals surface area contributed by atoms with Gasteiger partial charge in [-0.05, 0) is 24.5 Å². The van der Waals surface area contributed by atoms with Crippen molar-refractivity contribution in [1.82, 2.24) is 4.31 Å². The second-order valence-corrected chi connectivity index (χ2v) is 8.07. The quantitative estimate of drug-likeness (QED) is 0.777. The van der Waals surface area contributed by atoms with E-state index < -0.39 is 10.0 Å². The summed E-state index contributed by atoms with van der Waals surface area (Å²) in [4.78, 5) is 11.9. The van der Waals surface area contributed by atoms with Crippen LogP contribution in [0.4, 0.5) is 5.69 Å². The van der Waals surface area contributed by atoms with Crippen molar-refractivity contribution in [3.8, 4) is 5.75 Å². The molecule has 1 N–H and O–H groups in total. The van der Waals surface area contributed by atoms with Crippen molar-refractivity contribution in [3.05, 3.63) is 18.2 Å². The Morgan fingerprint density at radius 3 is 2.71 bits per heavy atom. The Kier molecular flexibility index (Phi) is 6.90. The summed E-state index contributed by atoms with van der Waals surface area (Å²) in [5, 5.41) is 2.73. The van der Waals surface area contributed by atoms with E-state index >= 15 is 0 Å². The predicted octanol–water partition coefficient (Wildman–Crippen LogP) is 1.41. The van der Waals surface area contributed by atoms with Crippen molar-refractivity contribution in [2.45, 2.75) is 11.3 Å². The SMILES string of the molecule is COc1ccc(NC(=O)CCSC)cc1S(=O)(=O)N1CCOCC1. The molecule has 0 saturated carbocycles. The zero-order valence-electron chi connectivity index (χ0n) is 13.8. The number of sulfonamides is 1. The Hall–Kier alpha value is -1.29. The highest BCUT2D eigenvalue weighted by molar-refractivity contribution is 7.98. The Labute approximate surface area is 146 Å². The van der Waals surface area contributed by atoms with Crippen molar-refractivity contribution in [1.29, 1.82) is 0 Å². The van der Waals surface area contributed by atoms with Gasteiger partial charge in [0.25, 0.3) is 0 Å². The summed E-state index contributed by atoms with van der Waals surface area (Å²) in [6.07, 6.45) is 2.30. The van der Waals surface area contributed by atoms with E-state index in [1.807, 2.05) is 6.26 Å². The van der Waals surface area contributed by atoms with E-state index in [0.29, 0.717) is 44.2 Å². The van der Waals surface area contributed by atoms with Gasteiger partial charge in [0, 0.05) is 31.0 Å². The number of carbonyl (C=O) groups excluding carboxylic acids is 1. The number of amides is 1. The van der Waals surface area contributed by atoms with Crippen LogP contribution in [0.1, 0.15) is 6.42 Å². The van der Waals surface area contributed by atoms with Crippen molar-refractivity contribution < 1.29 is 22.7 Å². The lowest BCUT2D eigenvalue weighted by atomic mass is 10.3. The zero-order valence-corrected chi connectivity index (χ0v) is 15.4. The first-order chi connectivity index (χ1) is 11.5. The van der Waals surface area contributed by atoms with E-state index in [2.05, 4.69) is 5.32 Å². The van der Waals surface area contributed by atoms with Crippen LogP contribution in [0.3, 0.4) is 0 Å². The van der Waals surface area contributed by atoms with Gasteiger partial charge in [0.2, 0.25) is 15.9 Å². The van der Waals surface area contributed by atoms with E-state index in [9.17, 15) is 13.2 Å². The first-order valence-corrected chi connectivity index (χ1v) is 10.4. The van der Waals surface area contributed by atoms with Crippen molar-refractivity contribution in [2.75, 3.05) is 50.7 Å². The number of carbonyl (C=O) groups is 1. The van der Waals surface area contributed by atoms with Gasteiger partial charge < -0.3 is 14.8 Å². The molecular formula is C15H22N2O5S2. The van der Waals surface area contributed by atoms with Gasteiger partial charge in [0.15, 0.2) is 0 Å². The Morgan fingerprint density at radius 1 is 1.38 bits per heavy atom. The normalized spacial score (nSPS) is 15.9. The first kappa shape index (κ1) is 19.0. The van der Waals surface area contributed by atoms with Crippen molar-refractivity contribution in [3.63, 3.8) is 0 Å². The second kappa shape index (κ2) is 8.70. The molecule has 1 aromatic carbocycles. The zero-order chi connectivity index (χ0) is 17.6. The summed E-state index contributed by atoms with van der Waals surface area (Å²) in [5.41, 5.74) is 0.439. The third-order valence-corrected chi connectivity index (χ3v) is 6.10. The first-order valence-electron chi connectivity index (χ1n) is 7.53. The summed E-state index contributed by atoms with van der Waals surface area (Å²) in [6, 6.07) is 4.63. The number of morpholine rings is 1. The number of benzene rings is 1. The molecule has 1 amide bonds. The minimum atomic E-state index is -3.71. The highest BCUT2D eigenvalue weighted by Crippen LogP contribution is 2.30. The van der Waals surface area contributed by atoms with Crippen LogP contribution in [0.15, 0.2) is 23.1 Å². The molecule has 1 saturated heterocycles. The van der Waals surface area contributed by atoms with E-state index in [1.165, 1.54) is 17.5 Å². The summed E-state index contributed by atoms with van der Waals surface area (Å²) in [6.45, 7) is 1.34. The maximum Gasteiger partial charge on any atom is 0.246 e. The number of hydrogen-bond donors (Lipinski definition) is 1. The number of nitrogens with one attached hydrogen (secondary N) is 1. The largest absolute Gasteiger partial charge is 0.495 e.